The first kappa shape index (κ1) is 14.1. The van der Waals surface area contributed by atoms with Gasteiger partial charge in [0.05, 0.1) is 6.20 Å². The van der Waals surface area contributed by atoms with Crippen molar-refractivity contribution in [2.24, 2.45) is 7.05 Å². The zero-order chi connectivity index (χ0) is 14.5. The van der Waals surface area contributed by atoms with Gasteiger partial charge >= 0.3 is 5.97 Å². The molecule has 1 heterocycles. The number of ether oxygens (including phenoxy) is 2. The lowest BCUT2D eigenvalue weighted by Gasteiger charge is -2.09. The molecule has 0 radical (unpaired) electrons. The van der Waals surface area contributed by atoms with E-state index in [1.54, 1.807) is 11.7 Å². The second-order valence-corrected chi connectivity index (χ2v) is 4.52. The van der Waals surface area contributed by atoms with E-state index in [-0.39, 0.29) is 12.6 Å². The summed E-state index contributed by atoms with van der Waals surface area (Å²) in [5.74, 6) is 0.435. The minimum absolute atomic E-state index is 0.210. The molecule has 0 aliphatic carbocycles. The van der Waals surface area contributed by atoms with Crippen LogP contribution in [-0.4, -0.2) is 29.0 Å². The van der Waals surface area contributed by atoms with Crippen molar-refractivity contribution < 1.29 is 14.3 Å². The van der Waals surface area contributed by atoms with Crippen LogP contribution in [0, 0.1) is 13.8 Å². The first-order valence-electron chi connectivity index (χ1n) is 6.43. The van der Waals surface area contributed by atoms with Crippen molar-refractivity contribution >= 4 is 5.97 Å². The number of aryl methyl sites for hydroxylation is 2. The maximum atomic E-state index is 11.8. The predicted molar refractivity (Wildman–Crippen MR) is 74.9 cm³/mol. The highest BCUT2D eigenvalue weighted by Crippen LogP contribution is 2.15. The normalized spacial score (nSPS) is 10.3. The second kappa shape index (κ2) is 6.23. The number of para-hydroxylation sites is 1. The van der Waals surface area contributed by atoms with Gasteiger partial charge in [0, 0.05) is 12.7 Å². The van der Waals surface area contributed by atoms with Gasteiger partial charge in [-0.2, -0.15) is 5.10 Å². The van der Waals surface area contributed by atoms with Gasteiger partial charge in [-0.15, -0.1) is 0 Å². The fourth-order valence-corrected chi connectivity index (χ4v) is 1.78. The number of nitrogens with zero attached hydrogens (tertiary/aromatic N) is 2. The van der Waals surface area contributed by atoms with Gasteiger partial charge in [0.25, 0.3) is 0 Å². The summed E-state index contributed by atoms with van der Waals surface area (Å²) in [6.07, 6.45) is 1.51. The summed E-state index contributed by atoms with van der Waals surface area (Å²) in [5, 5.41) is 4.01. The number of carbonyl (C=O) groups is 1. The van der Waals surface area contributed by atoms with E-state index in [0.29, 0.717) is 12.2 Å². The molecule has 20 heavy (non-hydrogen) atoms. The molecule has 0 aliphatic rings. The molecule has 0 fully saturated rings. The SMILES string of the molecule is Cc1ccccc1OCCOC(=O)c1cnn(C)c1C. The van der Waals surface area contributed by atoms with Crippen LogP contribution < -0.4 is 4.74 Å². The zero-order valence-electron chi connectivity index (χ0n) is 11.9. The van der Waals surface area contributed by atoms with E-state index in [9.17, 15) is 4.79 Å². The molecule has 5 nitrogen and oxygen atoms in total. The molecule has 1 aromatic carbocycles. The average molecular weight is 274 g/mol. The average Bonchev–Trinajstić information content (AvgIpc) is 2.77. The highest BCUT2D eigenvalue weighted by atomic mass is 16.6. The standard InChI is InChI=1S/C15H18N2O3/c1-11-6-4-5-7-14(11)19-8-9-20-15(18)13-10-16-17(3)12(13)2/h4-7,10H,8-9H2,1-3H3. The van der Waals surface area contributed by atoms with Crippen molar-refractivity contribution in [3.05, 3.63) is 47.3 Å². The molecule has 0 saturated carbocycles. The Morgan fingerprint density at radius 3 is 2.65 bits per heavy atom. The van der Waals surface area contributed by atoms with E-state index in [1.807, 2.05) is 38.1 Å². The third-order valence-electron chi connectivity index (χ3n) is 3.12. The molecule has 0 amide bonds. The van der Waals surface area contributed by atoms with Crippen LogP contribution in [0.15, 0.2) is 30.5 Å². The largest absolute Gasteiger partial charge is 0.490 e. The molecule has 0 bridgehead atoms. The molecule has 1 aromatic heterocycles. The zero-order valence-corrected chi connectivity index (χ0v) is 11.9. The number of esters is 1. The van der Waals surface area contributed by atoms with Crippen molar-refractivity contribution in [2.75, 3.05) is 13.2 Å². The summed E-state index contributed by atoms with van der Waals surface area (Å²) < 4.78 is 12.4. The number of aromatic nitrogens is 2. The van der Waals surface area contributed by atoms with E-state index in [4.69, 9.17) is 9.47 Å². The number of hydrogen-bond acceptors (Lipinski definition) is 4. The lowest BCUT2D eigenvalue weighted by molar-refractivity contribution is 0.0449. The Hall–Kier alpha value is -2.30. The van der Waals surface area contributed by atoms with Gasteiger partial charge < -0.3 is 9.47 Å². The lowest BCUT2D eigenvalue weighted by atomic mass is 10.2. The van der Waals surface area contributed by atoms with Crippen molar-refractivity contribution in [3.8, 4) is 5.75 Å². The van der Waals surface area contributed by atoms with Gasteiger partial charge in [0.1, 0.15) is 24.5 Å². The Balaban J connectivity index is 1.81. The number of benzene rings is 1. The van der Waals surface area contributed by atoms with E-state index in [0.717, 1.165) is 17.0 Å². The Kier molecular flexibility index (Phi) is 4.40. The van der Waals surface area contributed by atoms with Crippen LogP contribution in [0.3, 0.4) is 0 Å². The summed E-state index contributed by atoms with van der Waals surface area (Å²) in [6.45, 7) is 4.34. The summed E-state index contributed by atoms with van der Waals surface area (Å²) in [7, 11) is 1.79. The van der Waals surface area contributed by atoms with Crippen molar-refractivity contribution in [1.29, 1.82) is 0 Å². The van der Waals surface area contributed by atoms with Gasteiger partial charge in [0.15, 0.2) is 0 Å². The maximum Gasteiger partial charge on any atom is 0.341 e. The van der Waals surface area contributed by atoms with Gasteiger partial charge in [-0.25, -0.2) is 4.79 Å². The molecule has 0 spiro atoms. The van der Waals surface area contributed by atoms with Crippen LogP contribution in [0.5, 0.6) is 5.75 Å². The van der Waals surface area contributed by atoms with Gasteiger partial charge in [-0.1, -0.05) is 18.2 Å². The number of hydrogen-bond donors (Lipinski definition) is 0. The Morgan fingerprint density at radius 1 is 1.25 bits per heavy atom. The summed E-state index contributed by atoms with van der Waals surface area (Å²) in [6, 6.07) is 7.73. The summed E-state index contributed by atoms with van der Waals surface area (Å²) >= 11 is 0. The molecule has 2 rings (SSSR count). The Labute approximate surface area is 118 Å². The molecule has 0 N–H and O–H groups in total. The minimum Gasteiger partial charge on any atom is -0.490 e. The minimum atomic E-state index is -0.371. The predicted octanol–water partition coefficient (Wildman–Crippen LogP) is 2.27. The Morgan fingerprint density at radius 2 is 2.00 bits per heavy atom. The van der Waals surface area contributed by atoms with Crippen molar-refractivity contribution in [1.82, 2.24) is 9.78 Å². The highest BCUT2D eigenvalue weighted by molar-refractivity contribution is 5.90. The van der Waals surface area contributed by atoms with E-state index < -0.39 is 0 Å². The topological polar surface area (TPSA) is 53.4 Å². The van der Waals surface area contributed by atoms with Gasteiger partial charge in [-0.05, 0) is 25.5 Å². The molecule has 0 atom stereocenters. The van der Waals surface area contributed by atoms with Crippen LogP contribution >= 0.6 is 0 Å². The van der Waals surface area contributed by atoms with Crippen LogP contribution in [0.25, 0.3) is 0 Å². The molecule has 0 unspecified atom stereocenters. The van der Waals surface area contributed by atoms with Crippen molar-refractivity contribution in [3.63, 3.8) is 0 Å². The van der Waals surface area contributed by atoms with Crippen LogP contribution in [0.4, 0.5) is 0 Å². The third-order valence-corrected chi connectivity index (χ3v) is 3.12. The molecular formula is C15H18N2O3. The molecular weight excluding hydrogens is 256 g/mol. The number of carbonyl (C=O) groups excluding carboxylic acids is 1. The first-order chi connectivity index (χ1) is 9.59. The van der Waals surface area contributed by atoms with Gasteiger partial charge in [-0.3, -0.25) is 4.68 Å². The summed E-state index contributed by atoms with van der Waals surface area (Å²) in [5.41, 5.74) is 2.33. The van der Waals surface area contributed by atoms with E-state index in [2.05, 4.69) is 5.10 Å². The molecule has 0 aliphatic heterocycles. The van der Waals surface area contributed by atoms with Crippen LogP contribution in [0.2, 0.25) is 0 Å². The fourth-order valence-electron chi connectivity index (χ4n) is 1.78. The molecule has 5 heteroatoms. The van der Waals surface area contributed by atoms with Crippen molar-refractivity contribution in [2.45, 2.75) is 13.8 Å². The van der Waals surface area contributed by atoms with E-state index in [1.165, 1.54) is 6.20 Å². The highest BCUT2D eigenvalue weighted by Gasteiger charge is 2.13. The quantitative estimate of drug-likeness (QED) is 0.620. The molecule has 2 aromatic rings. The molecule has 0 saturated heterocycles. The monoisotopic (exact) mass is 274 g/mol. The maximum absolute atomic E-state index is 11.8. The molecule has 106 valence electrons. The summed E-state index contributed by atoms with van der Waals surface area (Å²) in [4.78, 5) is 11.8. The third kappa shape index (κ3) is 3.17. The second-order valence-electron chi connectivity index (χ2n) is 4.52. The lowest BCUT2D eigenvalue weighted by Crippen LogP contribution is -2.13. The number of rotatable bonds is 5. The van der Waals surface area contributed by atoms with Gasteiger partial charge in [0.2, 0.25) is 0 Å². The first-order valence-corrected chi connectivity index (χ1v) is 6.43. The smallest absolute Gasteiger partial charge is 0.341 e. The van der Waals surface area contributed by atoms with Crippen LogP contribution in [0.1, 0.15) is 21.6 Å². The van der Waals surface area contributed by atoms with Crippen LogP contribution in [-0.2, 0) is 11.8 Å². The Bertz CT molecular complexity index is 605. The fraction of sp³-hybridized carbons (Fsp3) is 0.333. The van der Waals surface area contributed by atoms with E-state index >= 15 is 0 Å².